The van der Waals surface area contributed by atoms with Crippen molar-refractivity contribution in [2.75, 3.05) is 6.54 Å². The fourth-order valence-electron chi connectivity index (χ4n) is 2.24. The van der Waals surface area contributed by atoms with Crippen molar-refractivity contribution in [1.82, 2.24) is 10.3 Å². The number of nitrogens with one attached hydrogen (secondary N) is 2. The average molecular weight is 276 g/mol. The second-order valence-electron chi connectivity index (χ2n) is 6.34. The zero-order valence-corrected chi connectivity index (χ0v) is 12.2. The maximum Gasteiger partial charge on any atom is 0.220 e. The molecule has 0 aliphatic carbocycles. The molecule has 0 radical (unpaired) electrons. The van der Waals surface area contributed by atoms with Gasteiger partial charge in [0.05, 0.1) is 0 Å². The van der Waals surface area contributed by atoms with E-state index in [-0.39, 0.29) is 17.1 Å². The molecule has 1 amide bonds. The number of benzene rings is 1. The van der Waals surface area contributed by atoms with Crippen LogP contribution in [0.2, 0.25) is 0 Å². The predicted molar refractivity (Wildman–Crippen MR) is 79.0 cm³/mol. The van der Waals surface area contributed by atoms with Crippen LogP contribution in [0.15, 0.2) is 24.4 Å². The summed E-state index contributed by atoms with van der Waals surface area (Å²) in [6.07, 6.45) is 3.08. The first kappa shape index (κ1) is 14.6. The molecule has 3 nitrogen and oxygen atoms in total. The Balaban J connectivity index is 1.93. The van der Waals surface area contributed by atoms with Crippen LogP contribution < -0.4 is 5.32 Å². The number of halogens is 1. The monoisotopic (exact) mass is 276 g/mol. The fraction of sp³-hybridized carbons (Fsp3) is 0.438. The van der Waals surface area contributed by atoms with E-state index >= 15 is 0 Å². The molecule has 1 heterocycles. The number of carbonyl (C=O) groups is 1. The van der Waals surface area contributed by atoms with Crippen LogP contribution in [-0.2, 0) is 11.2 Å². The first-order chi connectivity index (χ1) is 9.35. The summed E-state index contributed by atoms with van der Waals surface area (Å²) in [6.45, 7) is 6.68. The summed E-state index contributed by atoms with van der Waals surface area (Å²) < 4.78 is 13.2. The molecule has 0 spiro atoms. The molecule has 0 aliphatic heterocycles. The summed E-state index contributed by atoms with van der Waals surface area (Å²) in [7, 11) is 0. The van der Waals surface area contributed by atoms with E-state index in [4.69, 9.17) is 0 Å². The van der Waals surface area contributed by atoms with E-state index in [0.717, 1.165) is 16.5 Å². The van der Waals surface area contributed by atoms with Crippen molar-refractivity contribution in [2.45, 2.75) is 33.6 Å². The summed E-state index contributed by atoms with van der Waals surface area (Å²) in [6, 6.07) is 4.69. The molecule has 108 valence electrons. The van der Waals surface area contributed by atoms with Crippen LogP contribution in [0, 0.1) is 11.2 Å². The third-order valence-electron chi connectivity index (χ3n) is 3.14. The van der Waals surface area contributed by atoms with Crippen molar-refractivity contribution < 1.29 is 9.18 Å². The summed E-state index contributed by atoms with van der Waals surface area (Å²) in [5, 5.41) is 3.79. The van der Waals surface area contributed by atoms with Gasteiger partial charge >= 0.3 is 0 Å². The molecule has 20 heavy (non-hydrogen) atoms. The number of fused-ring (bicyclic) bond motifs is 1. The Morgan fingerprint density at radius 1 is 1.35 bits per heavy atom. The molecule has 0 fully saturated rings. The molecule has 2 aromatic rings. The number of hydrogen-bond acceptors (Lipinski definition) is 1. The molecular formula is C16H21FN2O. The Bertz CT molecular complexity index is 610. The zero-order valence-electron chi connectivity index (χ0n) is 12.2. The Morgan fingerprint density at radius 3 is 2.80 bits per heavy atom. The molecule has 1 aromatic carbocycles. The van der Waals surface area contributed by atoms with Gasteiger partial charge < -0.3 is 10.3 Å². The SMILES string of the molecule is CC(C)(C)CC(=O)NCCc1c[nH]c2ccc(F)cc12. The number of hydrogen-bond donors (Lipinski definition) is 2. The van der Waals surface area contributed by atoms with Crippen LogP contribution in [0.3, 0.4) is 0 Å². The van der Waals surface area contributed by atoms with Crippen LogP contribution in [0.25, 0.3) is 10.9 Å². The number of aromatic amines is 1. The number of rotatable bonds is 4. The quantitative estimate of drug-likeness (QED) is 0.883. The minimum Gasteiger partial charge on any atom is -0.361 e. The Labute approximate surface area is 118 Å². The predicted octanol–water partition coefficient (Wildman–Crippen LogP) is 3.40. The molecule has 0 aliphatic rings. The standard InChI is InChI=1S/C16H21FN2O/c1-16(2,3)9-15(20)18-7-6-11-10-19-14-5-4-12(17)8-13(11)14/h4-5,8,10,19H,6-7,9H2,1-3H3,(H,18,20). The highest BCUT2D eigenvalue weighted by molar-refractivity contribution is 5.83. The molecule has 2 N–H and O–H groups in total. The molecule has 1 aromatic heterocycles. The Kier molecular flexibility index (Phi) is 4.12. The van der Waals surface area contributed by atoms with Gasteiger partial charge in [-0.05, 0) is 35.6 Å². The van der Waals surface area contributed by atoms with Gasteiger partial charge in [-0.2, -0.15) is 0 Å². The van der Waals surface area contributed by atoms with E-state index in [1.165, 1.54) is 12.1 Å². The summed E-state index contributed by atoms with van der Waals surface area (Å²) in [5.74, 6) is -0.182. The molecule has 0 bridgehead atoms. The van der Waals surface area contributed by atoms with Crippen LogP contribution in [0.1, 0.15) is 32.8 Å². The smallest absolute Gasteiger partial charge is 0.220 e. The highest BCUT2D eigenvalue weighted by Crippen LogP contribution is 2.20. The van der Waals surface area contributed by atoms with Crippen LogP contribution in [0.4, 0.5) is 4.39 Å². The molecule has 0 unspecified atom stereocenters. The van der Waals surface area contributed by atoms with Crippen molar-refractivity contribution in [3.8, 4) is 0 Å². The number of carbonyl (C=O) groups excluding carboxylic acids is 1. The van der Waals surface area contributed by atoms with Crippen molar-refractivity contribution in [3.63, 3.8) is 0 Å². The van der Waals surface area contributed by atoms with Crippen molar-refractivity contribution in [3.05, 3.63) is 35.8 Å². The maximum atomic E-state index is 13.2. The summed E-state index contributed by atoms with van der Waals surface area (Å²) >= 11 is 0. The lowest BCUT2D eigenvalue weighted by atomic mass is 9.92. The average Bonchev–Trinajstić information content (AvgIpc) is 2.69. The highest BCUT2D eigenvalue weighted by Gasteiger charge is 2.15. The van der Waals surface area contributed by atoms with E-state index in [9.17, 15) is 9.18 Å². The number of aromatic nitrogens is 1. The van der Waals surface area contributed by atoms with E-state index < -0.39 is 0 Å². The van der Waals surface area contributed by atoms with Crippen molar-refractivity contribution in [2.24, 2.45) is 5.41 Å². The number of amides is 1. The van der Waals surface area contributed by atoms with Crippen LogP contribution in [0.5, 0.6) is 0 Å². The minimum atomic E-state index is -0.241. The second kappa shape index (κ2) is 5.65. The lowest BCUT2D eigenvalue weighted by molar-refractivity contribution is -0.122. The minimum absolute atomic E-state index is 0.00596. The second-order valence-corrected chi connectivity index (χ2v) is 6.34. The first-order valence-electron chi connectivity index (χ1n) is 6.87. The largest absolute Gasteiger partial charge is 0.361 e. The van der Waals surface area contributed by atoms with Gasteiger partial charge in [-0.3, -0.25) is 4.79 Å². The molecule has 2 rings (SSSR count). The summed E-state index contributed by atoms with van der Waals surface area (Å²) in [4.78, 5) is 14.8. The van der Waals surface area contributed by atoms with Crippen molar-refractivity contribution >= 4 is 16.8 Å². The highest BCUT2D eigenvalue weighted by atomic mass is 19.1. The lowest BCUT2D eigenvalue weighted by Gasteiger charge is -2.17. The van der Waals surface area contributed by atoms with Crippen molar-refractivity contribution in [1.29, 1.82) is 0 Å². The summed E-state index contributed by atoms with van der Waals surface area (Å²) in [5.41, 5.74) is 1.94. The Hall–Kier alpha value is -1.84. The third-order valence-corrected chi connectivity index (χ3v) is 3.14. The van der Waals surface area contributed by atoms with Gasteiger partial charge in [0, 0.05) is 30.1 Å². The van der Waals surface area contributed by atoms with Gasteiger partial charge in [-0.15, -0.1) is 0 Å². The molecule has 0 atom stereocenters. The van der Waals surface area contributed by atoms with Gasteiger partial charge in [0.1, 0.15) is 5.82 Å². The van der Waals surface area contributed by atoms with Gasteiger partial charge in [-0.25, -0.2) is 4.39 Å². The maximum absolute atomic E-state index is 13.2. The van der Waals surface area contributed by atoms with Crippen LogP contribution >= 0.6 is 0 Å². The normalized spacial score (nSPS) is 11.8. The molecule has 4 heteroatoms. The number of H-pyrrole nitrogens is 1. The van der Waals surface area contributed by atoms with Gasteiger partial charge in [-0.1, -0.05) is 20.8 Å². The Morgan fingerprint density at radius 2 is 2.10 bits per heavy atom. The third kappa shape index (κ3) is 3.83. The van der Waals surface area contributed by atoms with E-state index in [1.807, 2.05) is 27.0 Å². The fourth-order valence-corrected chi connectivity index (χ4v) is 2.24. The zero-order chi connectivity index (χ0) is 14.8. The molecule has 0 saturated heterocycles. The van der Waals surface area contributed by atoms with E-state index in [1.54, 1.807) is 6.07 Å². The van der Waals surface area contributed by atoms with E-state index in [0.29, 0.717) is 19.4 Å². The van der Waals surface area contributed by atoms with E-state index in [2.05, 4.69) is 10.3 Å². The first-order valence-corrected chi connectivity index (χ1v) is 6.87. The van der Waals surface area contributed by atoms with Gasteiger partial charge in [0.15, 0.2) is 0 Å². The van der Waals surface area contributed by atoms with Gasteiger partial charge in [0.25, 0.3) is 0 Å². The molecular weight excluding hydrogens is 255 g/mol. The topological polar surface area (TPSA) is 44.9 Å². The van der Waals surface area contributed by atoms with Crippen LogP contribution in [-0.4, -0.2) is 17.4 Å². The molecule has 0 saturated carbocycles. The van der Waals surface area contributed by atoms with Gasteiger partial charge in [0.2, 0.25) is 5.91 Å². The lowest BCUT2D eigenvalue weighted by Crippen LogP contribution is -2.29.